The number of hydrogen-bond acceptors (Lipinski definition) is 2. The van der Waals surface area contributed by atoms with Crippen molar-refractivity contribution in [1.82, 2.24) is 5.32 Å². The van der Waals surface area contributed by atoms with E-state index >= 15 is 0 Å². The van der Waals surface area contributed by atoms with Crippen LogP contribution < -0.4 is 5.32 Å². The summed E-state index contributed by atoms with van der Waals surface area (Å²) in [6.45, 7) is -0.628. The van der Waals surface area contributed by atoms with Crippen LogP contribution in [0.5, 0.6) is 0 Å². The third-order valence-electron chi connectivity index (χ3n) is 2.20. The summed E-state index contributed by atoms with van der Waals surface area (Å²) in [7, 11) is 1.33. The molecule has 1 unspecified atom stereocenters. The van der Waals surface area contributed by atoms with Gasteiger partial charge in [-0.25, -0.2) is 0 Å². The topological polar surface area (TPSA) is 32.3 Å². The second-order valence-corrected chi connectivity index (χ2v) is 3.84. The molecule has 1 aromatic rings. The van der Waals surface area contributed by atoms with Crippen LogP contribution in [0.4, 0.5) is 13.2 Å². The summed E-state index contributed by atoms with van der Waals surface area (Å²) in [6, 6.07) is 5.11. The molecule has 90 valence electrons. The predicted octanol–water partition coefficient (Wildman–Crippen LogP) is 2.31. The van der Waals surface area contributed by atoms with Gasteiger partial charge in [0.25, 0.3) is 0 Å². The van der Waals surface area contributed by atoms with Crippen LogP contribution in [0.1, 0.15) is 5.56 Å². The van der Waals surface area contributed by atoms with E-state index in [1.54, 1.807) is 0 Å². The van der Waals surface area contributed by atoms with Gasteiger partial charge in [0, 0.05) is 11.6 Å². The lowest BCUT2D eigenvalue weighted by atomic mass is 9.93. The highest BCUT2D eigenvalue weighted by atomic mass is 35.5. The highest BCUT2D eigenvalue weighted by molar-refractivity contribution is 6.30. The van der Waals surface area contributed by atoms with E-state index in [-0.39, 0.29) is 10.6 Å². The van der Waals surface area contributed by atoms with E-state index in [0.717, 1.165) is 6.07 Å². The lowest BCUT2D eigenvalue weighted by Crippen LogP contribution is -2.49. The normalized spacial score (nSPS) is 15.9. The Hall–Kier alpha value is -0.780. The number of nitrogens with one attached hydrogen (secondary N) is 1. The fraction of sp³-hybridized carbons (Fsp3) is 0.400. The Morgan fingerprint density at radius 1 is 1.38 bits per heavy atom. The zero-order valence-corrected chi connectivity index (χ0v) is 9.23. The van der Waals surface area contributed by atoms with Crippen molar-refractivity contribution in [3.8, 4) is 0 Å². The Morgan fingerprint density at radius 3 is 2.44 bits per heavy atom. The van der Waals surface area contributed by atoms with Crippen LogP contribution in [0, 0.1) is 0 Å². The zero-order valence-electron chi connectivity index (χ0n) is 8.48. The summed E-state index contributed by atoms with van der Waals surface area (Å²) < 4.78 is 38.3. The van der Waals surface area contributed by atoms with Gasteiger partial charge in [-0.15, -0.1) is 0 Å². The van der Waals surface area contributed by atoms with Gasteiger partial charge in [0.15, 0.2) is 5.60 Å². The van der Waals surface area contributed by atoms with E-state index in [1.807, 2.05) is 0 Å². The zero-order chi connectivity index (χ0) is 12.4. The average Bonchev–Trinajstić information content (AvgIpc) is 2.16. The van der Waals surface area contributed by atoms with Crippen LogP contribution in [0.3, 0.4) is 0 Å². The number of halogens is 4. The van der Waals surface area contributed by atoms with Gasteiger partial charge in [0.2, 0.25) is 0 Å². The maximum atomic E-state index is 12.8. The quantitative estimate of drug-likeness (QED) is 0.866. The summed E-state index contributed by atoms with van der Waals surface area (Å²) in [6.07, 6.45) is -4.76. The van der Waals surface area contributed by atoms with Gasteiger partial charge >= 0.3 is 6.18 Å². The number of alkyl halides is 3. The highest BCUT2D eigenvalue weighted by Crippen LogP contribution is 2.39. The SMILES string of the molecule is CNCC(O)(c1cccc(Cl)c1)C(F)(F)F. The van der Waals surface area contributed by atoms with Crippen molar-refractivity contribution >= 4 is 11.6 Å². The molecule has 0 saturated carbocycles. The largest absolute Gasteiger partial charge is 0.422 e. The molecule has 0 fully saturated rings. The molecule has 0 spiro atoms. The Morgan fingerprint density at radius 2 is 2.00 bits per heavy atom. The van der Waals surface area contributed by atoms with Gasteiger partial charge in [-0.1, -0.05) is 23.7 Å². The van der Waals surface area contributed by atoms with Crippen LogP contribution >= 0.6 is 11.6 Å². The molecule has 6 heteroatoms. The van der Waals surface area contributed by atoms with Crippen LogP contribution in [-0.4, -0.2) is 24.9 Å². The van der Waals surface area contributed by atoms with Gasteiger partial charge in [-0.3, -0.25) is 0 Å². The van der Waals surface area contributed by atoms with E-state index in [4.69, 9.17) is 11.6 Å². The van der Waals surface area contributed by atoms with Crippen molar-refractivity contribution < 1.29 is 18.3 Å². The Balaban J connectivity index is 3.21. The van der Waals surface area contributed by atoms with E-state index in [9.17, 15) is 18.3 Å². The molecule has 16 heavy (non-hydrogen) atoms. The first-order valence-electron chi connectivity index (χ1n) is 4.51. The van der Waals surface area contributed by atoms with Crippen LogP contribution in [-0.2, 0) is 5.60 Å². The Bertz CT molecular complexity index is 369. The average molecular weight is 254 g/mol. The minimum absolute atomic E-state index is 0.149. The van der Waals surface area contributed by atoms with Crippen molar-refractivity contribution in [2.75, 3.05) is 13.6 Å². The predicted molar refractivity (Wildman–Crippen MR) is 55.3 cm³/mol. The summed E-state index contributed by atoms with van der Waals surface area (Å²) in [4.78, 5) is 0. The van der Waals surface area contributed by atoms with Gasteiger partial charge in [-0.2, -0.15) is 13.2 Å². The second kappa shape index (κ2) is 4.61. The molecular weight excluding hydrogens is 243 g/mol. The first-order valence-corrected chi connectivity index (χ1v) is 4.89. The molecule has 0 radical (unpaired) electrons. The molecule has 0 saturated heterocycles. The minimum Gasteiger partial charge on any atom is -0.375 e. The third-order valence-corrected chi connectivity index (χ3v) is 2.44. The molecule has 0 aliphatic heterocycles. The molecule has 2 N–H and O–H groups in total. The van der Waals surface area contributed by atoms with Crippen molar-refractivity contribution in [2.24, 2.45) is 0 Å². The number of hydrogen-bond donors (Lipinski definition) is 2. The Labute approximate surface area is 96.0 Å². The monoisotopic (exact) mass is 253 g/mol. The molecule has 0 aliphatic carbocycles. The molecular formula is C10H11ClF3NO. The van der Waals surface area contributed by atoms with E-state index in [2.05, 4.69) is 5.32 Å². The van der Waals surface area contributed by atoms with Gasteiger partial charge < -0.3 is 10.4 Å². The van der Waals surface area contributed by atoms with Crippen molar-refractivity contribution in [3.05, 3.63) is 34.9 Å². The van der Waals surface area contributed by atoms with E-state index in [1.165, 1.54) is 25.2 Å². The second-order valence-electron chi connectivity index (χ2n) is 3.40. The van der Waals surface area contributed by atoms with E-state index in [0.29, 0.717) is 0 Å². The number of aliphatic hydroxyl groups is 1. The van der Waals surface area contributed by atoms with Gasteiger partial charge in [-0.05, 0) is 24.7 Å². The summed E-state index contributed by atoms with van der Waals surface area (Å²) in [5.41, 5.74) is -3.20. The summed E-state index contributed by atoms with van der Waals surface area (Å²) >= 11 is 5.60. The van der Waals surface area contributed by atoms with Crippen molar-refractivity contribution in [2.45, 2.75) is 11.8 Å². The standard InChI is InChI=1S/C10H11ClF3NO/c1-15-6-9(16,10(12,13)14)7-3-2-4-8(11)5-7/h2-5,15-16H,6H2,1H3. The molecule has 0 aliphatic rings. The molecule has 1 rings (SSSR count). The lowest BCUT2D eigenvalue weighted by Gasteiger charge is -2.30. The maximum Gasteiger partial charge on any atom is 0.422 e. The van der Waals surface area contributed by atoms with E-state index < -0.39 is 18.3 Å². The molecule has 0 bridgehead atoms. The summed E-state index contributed by atoms with van der Waals surface area (Å²) in [5, 5.41) is 12.2. The molecule has 0 aromatic heterocycles. The fourth-order valence-electron chi connectivity index (χ4n) is 1.37. The lowest BCUT2D eigenvalue weighted by molar-refractivity contribution is -0.264. The highest BCUT2D eigenvalue weighted by Gasteiger charge is 2.54. The smallest absolute Gasteiger partial charge is 0.375 e. The molecule has 0 heterocycles. The number of likely N-dealkylation sites (N-methyl/N-ethyl adjacent to an activating group) is 1. The van der Waals surface area contributed by atoms with Crippen molar-refractivity contribution in [1.29, 1.82) is 0 Å². The van der Waals surface area contributed by atoms with Crippen LogP contribution in [0.15, 0.2) is 24.3 Å². The third kappa shape index (κ3) is 2.48. The van der Waals surface area contributed by atoms with Crippen LogP contribution in [0.2, 0.25) is 5.02 Å². The first-order chi connectivity index (χ1) is 7.31. The molecule has 0 amide bonds. The van der Waals surface area contributed by atoms with Gasteiger partial charge in [0.1, 0.15) is 0 Å². The first kappa shape index (κ1) is 13.3. The molecule has 1 aromatic carbocycles. The van der Waals surface area contributed by atoms with Crippen LogP contribution in [0.25, 0.3) is 0 Å². The fourth-order valence-corrected chi connectivity index (χ4v) is 1.56. The number of benzene rings is 1. The Kier molecular flexibility index (Phi) is 3.83. The minimum atomic E-state index is -4.76. The summed E-state index contributed by atoms with van der Waals surface area (Å²) in [5.74, 6) is 0. The maximum absolute atomic E-state index is 12.8. The number of rotatable bonds is 3. The van der Waals surface area contributed by atoms with Gasteiger partial charge in [0.05, 0.1) is 0 Å². The molecule has 1 atom stereocenters. The van der Waals surface area contributed by atoms with Crippen molar-refractivity contribution in [3.63, 3.8) is 0 Å². The molecule has 2 nitrogen and oxygen atoms in total.